The second-order valence-corrected chi connectivity index (χ2v) is 7.92. The number of anilines is 2. The van der Waals surface area contributed by atoms with Gasteiger partial charge >= 0.3 is 6.18 Å². The molecule has 0 saturated heterocycles. The quantitative estimate of drug-likeness (QED) is 0.414. The number of nitrogens with two attached hydrogens (primary N) is 1. The number of aromatic amines is 1. The first-order chi connectivity index (χ1) is 15.3. The van der Waals surface area contributed by atoms with Gasteiger partial charge in [-0.15, -0.1) is 0 Å². The predicted molar refractivity (Wildman–Crippen MR) is 110 cm³/mol. The van der Waals surface area contributed by atoms with Crippen molar-refractivity contribution < 1.29 is 13.2 Å². The number of hydrogen-bond donors (Lipinski definition) is 3. The molecule has 4 N–H and O–H groups in total. The van der Waals surface area contributed by atoms with E-state index in [9.17, 15) is 13.2 Å². The number of fused-ring (bicyclic) bond motifs is 1. The summed E-state index contributed by atoms with van der Waals surface area (Å²) in [6.07, 6.45) is 2.96. The Hall–Kier alpha value is -3.70. The highest BCUT2D eigenvalue weighted by Crippen LogP contribution is 2.39. The van der Waals surface area contributed by atoms with E-state index in [1.807, 2.05) is 29.7 Å². The standard InChI is InChI=1S/C20H20F3N9/c1-10-25-7-13-5-4-12(9-32(10)13)16-29-18(24)31-19(30-16)28-14(6-11-2-3-11)15-8-26-17(27-15)20(21,22)23/h4-5,7-9,11,14H,2-3,6H2,1H3,(H,26,27)(H3,24,28,29,30,31)/t14-/m1/s1. The molecule has 1 fully saturated rings. The molecule has 5 rings (SSSR count). The Kier molecular flexibility index (Phi) is 4.72. The zero-order chi connectivity index (χ0) is 22.5. The lowest BCUT2D eigenvalue weighted by Gasteiger charge is -2.18. The van der Waals surface area contributed by atoms with Gasteiger partial charge in [0.05, 0.1) is 29.6 Å². The summed E-state index contributed by atoms with van der Waals surface area (Å²) in [5, 5.41) is 3.13. The molecule has 0 spiro atoms. The number of nitrogens with one attached hydrogen (secondary N) is 2. The Labute approximate surface area is 180 Å². The number of aromatic nitrogens is 7. The predicted octanol–water partition coefficient (Wildman–Crippen LogP) is 3.77. The van der Waals surface area contributed by atoms with Crippen LogP contribution in [-0.2, 0) is 6.18 Å². The van der Waals surface area contributed by atoms with E-state index >= 15 is 0 Å². The van der Waals surface area contributed by atoms with Gasteiger partial charge in [0.15, 0.2) is 5.82 Å². The maximum absolute atomic E-state index is 13.0. The lowest BCUT2D eigenvalue weighted by Crippen LogP contribution is -2.16. The van der Waals surface area contributed by atoms with Crippen LogP contribution in [0.15, 0.2) is 30.7 Å². The van der Waals surface area contributed by atoms with Crippen LogP contribution in [0.5, 0.6) is 0 Å². The fourth-order valence-corrected chi connectivity index (χ4v) is 3.60. The maximum atomic E-state index is 13.0. The number of alkyl halides is 3. The molecule has 32 heavy (non-hydrogen) atoms. The molecule has 0 amide bonds. The molecule has 1 aliphatic rings. The summed E-state index contributed by atoms with van der Waals surface area (Å²) in [6, 6.07) is 3.27. The number of nitrogen functional groups attached to an aromatic ring is 1. The van der Waals surface area contributed by atoms with E-state index in [1.54, 1.807) is 6.20 Å². The van der Waals surface area contributed by atoms with E-state index < -0.39 is 18.0 Å². The van der Waals surface area contributed by atoms with E-state index in [2.05, 4.69) is 35.2 Å². The Morgan fingerprint density at radius 1 is 1.19 bits per heavy atom. The molecule has 4 aromatic rings. The van der Waals surface area contributed by atoms with Crippen LogP contribution in [0.2, 0.25) is 0 Å². The number of aryl methyl sites for hydroxylation is 1. The van der Waals surface area contributed by atoms with Crippen LogP contribution in [0, 0.1) is 12.8 Å². The molecular formula is C20H20F3N9. The van der Waals surface area contributed by atoms with Crippen molar-refractivity contribution in [2.45, 2.75) is 38.4 Å². The van der Waals surface area contributed by atoms with Crippen molar-refractivity contribution in [3.63, 3.8) is 0 Å². The van der Waals surface area contributed by atoms with Gasteiger partial charge in [0.25, 0.3) is 0 Å². The van der Waals surface area contributed by atoms with Gasteiger partial charge in [0.2, 0.25) is 17.7 Å². The molecule has 0 aliphatic heterocycles. The number of imidazole rings is 2. The number of pyridine rings is 1. The van der Waals surface area contributed by atoms with Crippen LogP contribution in [0.1, 0.15) is 42.6 Å². The number of halogens is 3. The summed E-state index contributed by atoms with van der Waals surface area (Å²) >= 11 is 0. The molecule has 0 bridgehead atoms. The molecule has 1 atom stereocenters. The Bertz CT molecular complexity index is 1270. The summed E-state index contributed by atoms with van der Waals surface area (Å²) < 4.78 is 40.9. The van der Waals surface area contributed by atoms with Gasteiger partial charge in [0, 0.05) is 11.8 Å². The average molecular weight is 443 g/mol. The number of hydrogen-bond acceptors (Lipinski definition) is 7. The Morgan fingerprint density at radius 2 is 2.00 bits per heavy atom. The van der Waals surface area contributed by atoms with Gasteiger partial charge in [-0.25, -0.2) is 9.97 Å². The third kappa shape index (κ3) is 4.07. The molecule has 9 nitrogen and oxygen atoms in total. The highest BCUT2D eigenvalue weighted by atomic mass is 19.4. The van der Waals surface area contributed by atoms with Crippen molar-refractivity contribution in [1.29, 1.82) is 0 Å². The third-order valence-corrected chi connectivity index (χ3v) is 5.43. The molecule has 0 radical (unpaired) electrons. The molecular weight excluding hydrogens is 423 g/mol. The maximum Gasteiger partial charge on any atom is 0.449 e. The van der Waals surface area contributed by atoms with E-state index in [1.165, 1.54) is 6.20 Å². The second kappa shape index (κ2) is 7.46. The van der Waals surface area contributed by atoms with Crippen molar-refractivity contribution in [3.8, 4) is 11.4 Å². The Balaban J connectivity index is 1.46. The van der Waals surface area contributed by atoms with Gasteiger partial charge in [-0.2, -0.15) is 28.1 Å². The van der Waals surface area contributed by atoms with Crippen molar-refractivity contribution in [2.24, 2.45) is 5.92 Å². The van der Waals surface area contributed by atoms with E-state index in [-0.39, 0.29) is 11.9 Å². The lowest BCUT2D eigenvalue weighted by atomic mass is 10.1. The first-order valence-corrected chi connectivity index (χ1v) is 10.1. The monoisotopic (exact) mass is 443 g/mol. The lowest BCUT2D eigenvalue weighted by molar-refractivity contribution is -0.144. The molecule has 4 aromatic heterocycles. The second-order valence-electron chi connectivity index (χ2n) is 7.92. The van der Waals surface area contributed by atoms with Crippen LogP contribution in [0.4, 0.5) is 25.1 Å². The number of rotatable bonds is 6. The van der Waals surface area contributed by atoms with Crippen LogP contribution in [0.25, 0.3) is 16.9 Å². The molecule has 0 unspecified atom stereocenters. The molecule has 166 valence electrons. The van der Waals surface area contributed by atoms with Crippen molar-refractivity contribution >= 4 is 17.4 Å². The van der Waals surface area contributed by atoms with Crippen LogP contribution >= 0.6 is 0 Å². The molecule has 4 heterocycles. The zero-order valence-corrected chi connectivity index (χ0v) is 17.1. The molecule has 1 saturated carbocycles. The molecule has 0 aromatic carbocycles. The van der Waals surface area contributed by atoms with Crippen LogP contribution < -0.4 is 11.1 Å². The van der Waals surface area contributed by atoms with E-state index in [0.29, 0.717) is 29.4 Å². The number of H-pyrrole nitrogens is 1. The Morgan fingerprint density at radius 3 is 2.72 bits per heavy atom. The van der Waals surface area contributed by atoms with Gasteiger partial charge in [-0.3, -0.25) is 0 Å². The number of nitrogens with zero attached hydrogens (tertiary/aromatic N) is 6. The van der Waals surface area contributed by atoms with Gasteiger partial charge < -0.3 is 20.4 Å². The van der Waals surface area contributed by atoms with Gasteiger partial charge in [-0.1, -0.05) is 12.8 Å². The summed E-state index contributed by atoms with van der Waals surface area (Å²) in [4.78, 5) is 23.0. The minimum absolute atomic E-state index is 0.00529. The largest absolute Gasteiger partial charge is 0.449 e. The smallest absolute Gasteiger partial charge is 0.368 e. The highest BCUT2D eigenvalue weighted by molar-refractivity contribution is 5.61. The molecule has 12 heteroatoms. The summed E-state index contributed by atoms with van der Waals surface area (Å²) in [7, 11) is 0. The minimum Gasteiger partial charge on any atom is -0.368 e. The van der Waals surface area contributed by atoms with E-state index in [0.717, 1.165) is 24.2 Å². The first-order valence-electron chi connectivity index (χ1n) is 10.1. The minimum atomic E-state index is -4.54. The fraction of sp³-hybridized carbons (Fsp3) is 0.350. The van der Waals surface area contributed by atoms with Gasteiger partial charge in [0.1, 0.15) is 5.82 Å². The van der Waals surface area contributed by atoms with Crippen LogP contribution in [0.3, 0.4) is 0 Å². The van der Waals surface area contributed by atoms with Crippen molar-refractivity contribution in [2.75, 3.05) is 11.1 Å². The SMILES string of the molecule is Cc1ncc2ccc(-c3nc(N)nc(N[C@H](CC4CC4)c4cnc(C(F)(F)F)[nH]4)n3)cn12. The third-order valence-electron chi connectivity index (χ3n) is 5.43. The van der Waals surface area contributed by atoms with Crippen molar-refractivity contribution in [3.05, 3.63) is 48.1 Å². The van der Waals surface area contributed by atoms with E-state index in [4.69, 9.17) is 5.73 Å². The zero-order valence-electron chi connectivity index (χ0n) is 17.1. The van der Waals surface area contributed by atoms with Gasteiger partial charge in [-0.05, 0) is 31.4 Å². The fourth-order valence-electron chi connectivity index (χ4n) is 3.60. The first kappa shape index (κ1) is 20.2. The summed E-state index contributed by atoms with van der Waals surface area (Å²) in [5.74, 6) is 0.743. The highest BCUT2D eigenvalue weighted by Gasteiger charge is 2.36. The molecule has 1 aliphatic carbocycles. The summed E-state index contributed by atoms with van der Waals surface area (Å²) in [6.45, 7) is 1.88. The normalized spacial score (nSPS) is 15.2. The summed E-state index contributed by atoms with van der Waals surface area (Å²) in [5.41, 5.74) is 7.87. The topological polar surface area (TPSA) is 123 Å². The van der Waals surface area contributed by atoms with Crippen molar-refractivity contribution in [1.82, 2.24) is 34.3 Å². The van der Waals surface area contributed by atoms with Crippen LogP contribution in [-0.4, -0.2) is 34.3 Å². The average Bonchev–Trinajstić information content (AvgIpc) is 3.27.